The molecular weight excluding hydrogens is 152 g/mol. The first-order valence-electron chi connectivity index (χ1n) is 4.11. The van der Waals surface area contributed by atoms with E-state index in [1.165, 1.54) is 18.4 Å². The van der Waals surface area contributed by atoms with Gasteiger partial charge in [-0.25, -0.2) is 0 Å². The third-order valence-electron chi connectivity index (χ3n) is 1.59. The summed E-state index contributed by atoms with van der Waals surface area (Å²) < 4.78 is 0. The van der Waals surface area contributed by atoms with Crippen LogP contribution in [0.5, 0.6) is 0 Å². The fourth-order valence-electron chi connectivity index (χ4n) is 0.878. The summed E-state index contributed by atoms with van der Waals surface area (Å²) >= 11 is 4.03. The molecule has 0 aromatic heterocycles. The molecule has 0 radical (unpaired) electrons. The summed E-state index contributed by atoms with van der Waals surface area (Å²) in [5, 5.41) is 1.83. The lowest BCUT2D eigenvalue weighted by Crippen LogP contribution is -1.86. The molecule has 1 atom stereocenters. The fraction of sp³-hybridized carbons (Fsp3) is 0.600. The summed E-state index contributed by atoms with van der Waals surface area (Å²) in [5.41, 5.74) is 1.41. The van der Waals surface area contributed by atoms with Gasteiger partial charge in [0, 0.05) is 0 Å². The van der Waals surface area contributed by atoms with Crippen LogP contribution in [0, 0.1) is 5.92 Å². The van der Waals surface area contributed by atoms with Gasteiger partial charge in [0.05, 0.1) is 0 Å². The minimum absolute atomic E-state index is 0.656. The minimum atomic E-state index is 0.656. The average molecular weight is 170 g/mol. The van der Waals surface area contributed by atoms with Gasteiger partial charge in [-0.05, 0) is 38.0 Å². The fourth-order valence-corrected chi connectivity index (χ4v) is 1.17. The van der Waals surface area contributed by atoms with Crippen LogP contribution in [-0.4, -0.2) is 0 Å². The van der Waals surface area contributed by atoms with Gasteiger partial charge in [0.2, 0.25) is 0 Å². The Labute approximate surface area is 75.8 Å². The molecule has 11 heavy (non-hydrogen) atoms. The van der Waals surface area contributed by atoms with Crippen LogP contribution in [0.1, 0.15) is 33.6 Å². The normalized spacial score (nSPS) is 13.5. The highest BCUT2D eigenvalue weighted by atomic mass is 32.1. The van der Waals surface area contributed by atoms with E-state index in [1.807, 2.05) is 5.41 Å². The summed E-state index contributed by atoms with van der Waals surface area (Å²) in [6.07, 6.45) is 6.81. The molecule has 0 N–H and O–H groups in total. The predicted molar refractivity (Wildman–Crippen MR) is 56.0 cm³/mol. The van der Waals surface area contributed by atoms with E-state index in [4.69, 9.17) is 0 Å². The molecule has 1 heteroatoms. The zero-order valence-corrected chi connectivity index (χ0v) is 8.57. The van der Waals surface area contributed by atoms with E-state index in [2.05, 4.69) is 45.6 Å². The van der Waals surface area contributed by atoms with E-state index in [0.29, 0.717) is 5.92 Å². The van der Waals surface area contributed by atoms with Crippen LogP contribution in [0.25, 0.3) is 0 Å². The Bertz CT molecular complexity index is 141. The van der Waals surface area contributed by atoms with E-state index >= 15 is 0 Å². The Kier molecular flexibility index (Phi) is 6.43. The third kappa shape index (κ3) is 7.73. The molecular formula is C10H18S. The van der Waals surface area contributed by atoms with Crippen LogP contribution in [0.15, 0.2) is 23.1 Å². The van der Waals surface area contributed by atoms with Crippen LogP contribution in [0.3, 0.4) is 0 Å². The van der Waals surface area contributed by atoms with Crippen molar-refractivity contribution < 1.29 is 0 Å². The van der Waals surface area contributed by atoms with E-state index in [0.717, 1.165) is 0 Å². The maximum absolute atomic E-state index is 4.03. The van der Waals surface area contributed by atoms with Gasteiger partial charge >= 0.3 is 0 Å². The molecule has 0 amide bonds. The highest BCUT2D eigenvalue weighted by Gasteiger charge is 1.93. The number of rotatable bonds is 4. The molecule has 0 spiro atoms. The van der Waals surface area contributed by atoms with Gasteiger partial charge in [-0.3, -0.25) is 0 Å². The zero-order valence-electron chi connectivity index (χ0n) is 7.67. The second kappa shape index (κ2) is 6.53. The molecule has 0 nitrogen and oxygen atoms in total. The lowest BCUT2D eigenvalue weighted by atomic mass is 10.1. The molecule has 0 aromatic rings. The van der Waals surface area contributed by atoms with Crippen molar-refractivity contribution >= 4 is 12.6 Å². The molecule has 0 heterocycles. The monoisotopic (exact) mass is 170 g/mol. The quantitative estimate of drug-likeness (QED) is 0.481. The molecule has 0 aliphatic heterocycles. The first kappa shape index (κ1) is 10.8. The largest absolute Gasteiger partial charge is 0.152 e. The van der Waals surface area contributed by atoms with Gasteiger partial charge in [0.1, 0.15) is 0 Å². The van der Waals surface area contributed by atoms with Crippen molar-refractivity contribution in [3.8, 4) is 0 Å². The topological polar surface area (TPSA) is 0 Å². The molecule has 0 aliphatic rings. The molecule has 0 rings (SSSR count). The van der Waals surface area contributed by atoms with Crippen LogP contribution in [0.4, 0.5) is 0 Å². The Hall–Kier alpha value is -0.170. The summed E-state index contributed by atoms with van der Waals surface area (Å²) in [4.78, 5) is 0. The van der Waals surface area contributed by atoms with Gasteiger partial charge in [0.15, 0.2) is 0 Å². The van der Waals surface area contributed by atoms with Gasteiger partial charge in [-0.1, -0.05) is 24.6 Å². The van der Waals surface area contributed by atoms with Crippen molar-refractivity contribution in [3.63, 3.8) is 0 Å². The van der Waals surface area contributed by atoms with Crippen LogP contribution in [-0.2, 0) is 0 Å². The Balaban J connectivity index is 3.46. The molecule has 0 bridgehead atoms. The molecule has 0 aromatic carbocycles. The average Bonchev–Trinajstić information content (AvgIpc) is 1.87. The van der Waals surface area contributed by atoms with Crippen LogP contribution >= 0.6 is 12.6 Å². The van der Waals surface area contributed by atoms with Gasteiger partial charge in [0.25, 0.3) is 0 Å². The third-order valence-corrected chi connectivity index (χ3v) is 1.76. The van der Waals surface area contributed by atoms with Crippen molar-refractivity contribution in [1.82, 2.24) is 0 Å². The van der Waals surface area contributed by atoms with E-state index in [-0.39, 0.29) is 0 Å². The van der Waals surface area contributed by atoms with Gasteiger partial charge in [-0.15, -0.1) is 0 Å². The summed E-state index contributed by atoms with van der Waals surface area (Å²) in [5.74, 6) is 0.656. The van der Waals surface area contributed by atoms with Gasteiger partial charge in [-0.2, -0.15) is 12.6 Å². The van der Waals surface area contributed by atoms with Crippen molar-refractivity contribution in [2.75, 3.05) is 0 Å². The maximum Gasteiger partial charge on any atom is -0.0251 e. The minimum Gasteiger partial charge on any atom is -0.152 e. The maximum atomic E-state index is 4.03. The van der Waals surface area contributed by atoms with Crippen LogP contribution < -0.4 is 0 Å². The van der Waals surface area contributed by atoms with Crippen molar-refractivity contribution in [3.05, 3.63) is 23.1 Å². The lowest BCUT2D eigenvalue weighted by molar-refractivity contribution is 0.657. The SMILES string of the molecule is CC(C)=CCCC(C)/C=C/S. The molecule has 0 fully saturated rings. The number of hydrogen-bond acceptors (Lipinski definition) is 1. The first-order chi connectivity index (χ1) is 5.16. The van der Waals surface area contributed by atoms with Crippen molar-refractivity contribution in [2.45, 2.75) is 33.6 Å². The van der Waals surface area contributed by atoms with Gasteiger partial charge < -0.3 is 0 Å². The Morgan fingerprint density at radius 2 is 2.09 bits per heavy atom. The number of hydrogen-bond donors (Lipinski definition) is 1. The van der Waals surface area contributed by atoms with E-state index < -0.39 is 0 Å². The number of thiol groups is 1. The highest BCUT2D eigenvalue weighted by molar-refractivity contribution is 7.83. The van der Waals surface area contributed by atoms with E-state index in [9.17, 15) is 0 Å². The molecule has 1 unspecified atom stereocenters. The molecule has 0 aliphatic carbocycles. The summed E-state index contributed by atoms with van der Waals surface area (Å²) in [6.45, 7) is 6.49. The Morgan fingerprint density at radius 1 is 1.45 bits per heavy atom. The van der Waals surface area contributed by atoms with E-state index in [1.54, 1.807) is 0 Å². The zero-order chi connectivity index (χ0) is 8.69. The Morgan fingerprint density at radius 3 is 2.55 bits per heavy atom. The lowest BCUT2D eigenvalue weighted by Gasteiger charge is -2.01. The second-order valence-corrected chi connectivity index (χ2v) is 3.48. The molecule has 0 saturated heterocycles. The molecule has 64 valence electrons. The summed E-state index contributed by atoms with van der Waals surface area (Å²) in [7, 11) is 0. The highest BCUT2D eigenvalue weighted by Crippen LogP contribution is 2.09. The summed E-state index contributed by atoms with van der Waals surface area (Å²) in [6, 6.07) is 0. The van der Waals surface area contributed by atoms with Crippen molar-refractivity contribution in [2.24, 2.45) is 5.92 Å². The molecule has 0 saturated carbocycles. The smallest absolute Gasteiger partial charge is 0.0251 e. The second-order valence-electron chi connectivity index (χ2n) is 3.18. The number of allylic oxidation sites excluding steroid dienone is 3. The van der Waals surface area contributed by atoms with Crippen LogP contribution in [0.2, 0.25) is 0 Å². The van der Waals surface area contributed by atoms with Crippen molar-refractivity contribution in [1.29, 1.82) is 0 Å². The standard InChI is InChI=1S/C10H18S/c1-9(2)5-4-6-10(3)7-8-11/h5,7-8,10-11H,4,6H2,1-3H3/b8-7+. The first-order valence-corrected chi connectivity index (χ1v) is 4.62. The predicted octanol–water partition coefficient (Wildman–Crippen LogP) is 3.81.